The number of hydrogen-bond donors (Lipinski definition) is 4. The Morgan fingerprint density at radius 3 is 1.86 bits per heavy atom. The second-order valence-corrected chi connectivity index (χ2v) is 17.0. The smallest absolute Gasteiger partial charge is 0.296 e. The van der Waals surface area contributed by atoms with Crippen LogP contribution in [0.2, 0.25) is 0 Å². The van der Waals surface area contributed by atoms with E-state index in [1.54, 1.807) is 13.8 Å². The van der Waals surface area contributed by atoms with Gasteiger partial charge in [-0.1, -0.05) is 46.2 Å². The molecule has 266 valence electrons. The Labute approximate surface area is 288 Å². The van der Waals surface area contributed by atoms with E-state index in [0.717, 1.165) is 35.8 Å². The van der Waals surface area contributed by atoms with Gasteiger partial charge in [0.25, 0.3) is 20.2 Å². The van der Waals surface area contributed by atoms with Gasteiger partial charge in [-0.25, -0.2) is 16.8 Å². The summed E-state index contributed by atoms with van der Waals surface area (Å²) in [4.78, 5) is -2.25. The summed E-state index contributed by atoms with van der Waals surface area (Å²) in [6.45, 7) is 16.7. The topological polar surface area (TPSA) is 273 Å². The minimum atomic E-state index is -5.19. The lowest BCUT2D eigenvalue weighted by molar-refractivity contribution is 0.471. The van der Waals surface area contributed by atoms with Crippen LogP contribution in [0.1, 0.15) is 13.8 Å². The maximum absolute atomic E-state index is 12.4. The van der Waals surface area contributed by atoms with E-state index >= 15 is 0 Å². The molecule has 0 heterocycles. The van der Waals surface area contributed by atoms with E-state index in [4.69, 9.17) is 5.73 Å². The third-order valence-electron chi connectivity index (χ3n) is 7.41. The third kappa shape index (κ3) is 8.12. The number of nitrogens with zero attached hydrogens (tertiary/aromatic N) is 4. The fourth-order valence-electron chi connectivity index (χ4n) is 4.55. The summed E-state index contributed by atoms with van der Waals surface area (Å²) in [5.41, 5.74) is 4.00. The number of fused-ring (bicyclic) bond motifs is 1. The molecule has 0 saturated carbocycles. The summed E-state index contributed by atoms with van der Waals surface area (Å²) >= 11 is 0. The number of azo groups is 2. The molecule has 1 aliphatic carbocycles. The Hall–Kier alpha value is -4.86. The van der Waals surface area contributed by atoms with Gasteiger partial charge >= 0.3 is 0 Å². The molecule has 0 aromatic heterocycles. The van der Waals surface area contributed by atoms with Gasteiger partial charge in [0.1, 0.15) is 21.2 Å². The molecule has 50 heavy (non-hydrogen) atoms. The van der Waals surface area contributed by atoms with E-state index in [1.807, 2.05) is 0 Å². The van der Waals surface area contributed by atoms with Crippen molar-refractivity contribution in [2.45, 2.75) is 23.6 Å². The van der Waals surface area contributed by atoms with Crippen molar-refractivity contribution in [2.24, 2.45) is 32.3 Å². The van der Waals surface area contributed by atoms with Crippen LogP contribution in [0, 0.1) is 11.8 Å². The second kappa shape index (κ2) is 14.5. The fraction of sp³-hybridized carbons (Fsp3) is 0.133. The number of hydrogen-bond acceptors (Lipinski definition) is 14. The second-order valence-electron chi connectivity index (χ2n) is 10.4. The number of benzene rings is 2. The minimum absolute atomic E-state index is 0.0451. The van der Waals surface area contributed by atoms with Crippen LogP contribution >= 0.6 is 0 Å². The number of phenolic OH excluding ortho intramolecular Hbond substituents is 1. The van der Waals surface area contributed by atoms with Gasteiger partial charge in [0.2, 0.25) is 0 Å². The van der Waals surface area contributed by atoms with Crippen molar-refractivity contribution in [2.75, 3.05) is 5.73 Å². The molecule has 1 aliphatic rings. The number of allylic oxidation sites excluding steroid dienone is 8. The number of nitrogens with two attached hydrogens (primary N) is 1. The molecule has 0 spiro atoms. The first kappa shape index (κ1) is 39.6. The van der Waals surface area contributed by atoms with Gasteiger partial charge in [0, 0.05) is 22.7 Å². The van der Waals surface area contributed by atoms with Gasteiger partial charge in [-0.3, -0.25) is 9.11 Å². The first-order valence-electron chi connectivity index (χ1n) is 13.8. The molecule has 1 unspecified atom stereocenters. The van der Waals surface area contributed by atoms with Crippen LogP contribution in [0.15, 0.2) is 137 Å². The largest absolute Gasteiger partial charge is 0.505 e. The third-order valence-corrected chi connectivity index (χ3v) is 12.1. The first-order chi connectivity index (χ1) is 23.0. The lowest BCUT2D eigenvalue weighted by Crippen LogP contribution is -2.20. The van der Waals surface area contributed by atoms with E-state index in [2.05, 4.69) is 46.8 Å². The molecule has 2 aromatic carbocycles. The van der Waals surface area contributed by atoms with Crippen molar-refractivity contribution in [1.82, 2.24) is 0 Å². The molecule has 0 radical (unpaired) electrons. The molecule has 0 bridgehead atoms. The van der Waals surface area contributed by atoms with Gasteiger partial charge in [0.15, 0.2) is 25.4 Å². The van der Waals surface area contributed by atoms with Crippen LogP contribution in [-0.4, -0.2) is 47.9 Å². The summed E-state index contributed by atoms with van der Waals surface area (Å²) in [5, 5.41) is 27.4. The van der Waals surface area contributed by atoms with Crippen molar-refractivity contribution < 1.29 is 47.9 Å². The Balaban J connectivity index is 2.35. The zero-order chi connectivity index (χ0) is 38.0. The molecule has 0 fully saturated rings. The normalized spacial score (nSPS) is 18.2. The van der Waals surface area contributed by atoms with Crippen molar-refractivity contribution in [3.8, 4) is 5.75 Å². The van der Waals surface area contributed by atoms with Crippen LogP contribution in [0.3, 0.4) is 0 Å². The molecule has 0 aliphatic heterocycles. The van der Waals surface area contributed by atoms with Crippen LogP contribution in [-0.2, 0) is 39.9 Å². The number of anilines is 1. The van der Waals surface area contributed by atoms with Crippen molar-refractivity contribution in [3.05, 3.63) is 107 Å². The predicted molar refractivity (Wildman–Crippen MR) is 188 cm³/mol. The Morgan fingerprint density at radius 2 is 1.36 bits per heavy atom. The Kier molecular flexibility index (Phi) is 11.5. The van der Waals surface area contributed by atoms with Crippen molar-refractivity contribution in [1.29, 1.82) is 0 Å². The van der Waals surface area contributed by atoms with Crippen LogP contribution in [0.25, 0.3) is 10.8 Å². The Morgan fingerprint density at radius 1 is 0.780 bits per heavy atom. The average molecular weight is 766 g/mol. The average Bonchev–Trinajstić information content (AvgIpc) is 3.03. The van der Waals surface area contributed by atoms with Gasteiger partial charge in [-0.2, -0.15) is 27.1 Å². The zero-order valence-corrected chi connectivity index (χ0v) is 29.6. The van der Waals surface area contributed by atoms with E-state index in [0.29, 0.717) is 11.5 Å². The highest BCUT2D eigenvalue weighted by Gasteiger charge is 2.31. The molecular formula is C30H31N5O11S4. The van der Waals surface area contributed by atoms with Crippen molar-refractivity contribution in [3.63, 3.8) is 0 Å². The minimum Gasteiger partial charge on any atom is -0.505 e. The molecule has 5 N–H and O–H groups in total. The highest BCUT2D eigenvalue weighted by Crippen LogP contribution is 2.48. The van der Waals surface area contributed by atoms with Gasteiger partial charge in [-0.15, -0.1) is 10.2 Å². The van der Waals surface area contributed by atoms with E-state index in [9.17, 15) is 47.9 Å². The number of aromatic hydroxyl groups is 1. The van der Waals surface area contributed by atoms with Gasteiger partial charge < -0.3 is 10.8 Å². The van der Waals surface area contributed by atoms with Crippen LogP contribution in [0.4, 0.5) is 17.1 Å². The highest BCUT2D eigenvalue weighted by atomic mass is 32.2. The highest BCUT2D eigenvalue weighted by molar-refractivity contribution is 7.98. The quantitative estimate of drug-likeness (QED) is 0.0779. The number of sulfone groups is 2. The molecule has 16 nitrogen and oxygen atoms in total. The standard InChI is InChI=1S/C30H31N5O11S4/c1-7-20(11-12-21(8-2)47(37,38)9-3)32-34-28-24(49(41,42)43)15-19-16-25(50(44,45)46)29(30(36)26(19)27(28)31)35-33-22-13-14-23(18(6)17(22)5)48(39,40)10-4/h7-18,36H,1-4,31H2,5-6H3,(H,41,42,43)(H,44,45,46)/b20-11+,21-12+,34-32+,35-33+/t17?,18-/m0/s1. The molecule has 20 heteroatoms. The van der Waals surface area contributed by atoms with E-state index in [1.165, 1.54) is 12.2 Å². The predicted octanol–water partition coefficient (Wildman–Crippen LogP) is 6.10. The van der Waals surface area contributed by atoms with E-state index in [-0.39, 0.29) is 21.2 Å². The summed E-state index contributed by atoms with van der Waals surface area (Å²) in [6, 6.07) is 1.42. The lowest BCUT2D eigenvalue weighted by Gasteiger charge is -2.25. The summed E-state index contributed by atoms with van der Waals surface area (Å²) in [7, 11) is -18.0. The maximum atomic E-state index is 12.4. The fourth-order valence-corrected chi connectivity index (χ4v) is 7.74. The Bertz CT molecular complexity index is 2480. The van der Waals surface area contributed by atoms with Crippen LogP contribution < -0.4 is 5.73 Å². The molecule has 2 aromatic rings. The number of phenols is 1. The summed E-state index contributed by atoms with van der Waals surface area (Å²) in [5.74, 6) is -2.23. The number of nitrogen functional groups attached to an aromatic ring is 1. The van der Waals surface area contributed by atoms with Crippen molar-refractivity contribution >= 4 is 67.7 Å². The molecule has 3 rings (SSSR count). The molecule has 2 atom stereocenters. The molecule has 0 amide bonds. The van der Waals surface area contributed by atoms with E-state index < -0.39 is 95.1 Å². The van der Waals surface area contributed by atoms with Gasteiger partial charge in [0.05, 0.1) is 32.3 Å². The van der Waals surface area contributed by atoms with Gasteiger partial charge in [-0.05, 0) is 47.9 Å². The zero-order valence-electron chi connectivity index (χ0n) is 26.4. The SMILES string of the molecule is C=CC(=C\C=C(/C=C)S(=O)(=O)C=C)/N=N/c1c(S(=O)(=O)O)cc2cc(S(=O)(=O)O)c(/N=N/C3=CC=C(S(=O)(=O)C=C)[C@@H](C)C3C)c(O)c2c1N. The number of rotatable bonds is 13. The maximum Gasteiger partial charge on any atom is 0.296 e. The summed E-state index contributed by atoms with van der Waals surface area (Å²) in [6.07, 6.45) is 6.91. The lowest BCUT2D eigenvalue weighted by atomic mass is 9.89. The first-order valence-corrected chi connectivity index (χ1v) is 19.8. The van der Waals surface area contributed by atoms with Crippen LogP contribution in [0.5, 0.6) is 5.75 Å². The summed E-state index contributed by atoms with van der Waals surface area (Å²) < 4.78 is 118. The molecular weight excluding hydrogens is 735 g/mol. The monoisotopic (exact) mass is 765 g/mol. The molecule has 0 saturated heterocycles.